The van der Waals surface area contributed by atoms with Crippen molar-refractivity contribution >= 4 is 28.3 Å². The summed E-state index contributed by atoms with van der Waals surface area (Å²) in [4.78, 5) is 15.5. The van der Waals surface area contributed by atoms with Crippen molar-refractivity contribution in [3.8, 4) is 10.8 Å². The quantitative estimate of drug-likeness (QED) is 0.764. The summed E-state index contributed by atoms with van der Waals surface area (Å²) in [6.45, 7) is 1.69. The van der Waals surface area contributed by atoms with E-state index >= 15 is 0 Å². The number of aromatic nitrogens is 1. The number of aromatic carboxylic acids is 1. The summed E-state index contributed by atoms with van der Waals surface area (Å²) in [6, 6.07) is 9.51. The first-order chi connectivity index (χ1) is 8.65. The Hall–Kier alpha value is -2.14. The van der Waals surface area contributed by atoms with Gasteiger partial charge in [0.05, 0.1) is 5.69 Å². The average Bonchev–Trinajstić information content (AvgIpc) is 2.91. The maximum Gasteiger partial charge on any atom is 0.347 e. The number of hydrogen-bond acceptors (Lipinski definition) is 4. The maximum absolute atomic E-state index is 11.0. The van der Waals surface area contributed by atoms with Crippen molar-refractivity contribution in [1.82, 2.24) is 4.98 Å². The summed E-state index contributed by atoms with van der Waals surface area (Å²) in [5, 5.41) is 10.6. The van der Waals surface area contributed by atoms with E-state index in [1.165, 1.54) is 0 Å². The first kappa shape index (κ1) is 11.0. The van der Waals surface area contributed by atoms with Gasteiger partial charge in [0, 0.05) is 5.39 Å². The Morgan fingerprint density at radius 1 is 1.39 bits per heavy atom. The Morgan fingerprint density at radius 2 is 2.17 bits per heavy atom. The first-order valence-electron chi connectivity index (χ1n) is 5.35. The van der Waals surface area contributed by atoms with E-state index in [2.05, 4.69) is 4.98 Å². The fourth-order valence-electron chi connectivity index (χ4n) is 1.79. The third kappa shape index (κ3) is 1.69. The predicted molar refractivity (Wildman–Crippen MR) is 69.0 cm³/mol. The van der Waals surface area contributed by atoms with E-state index in [0.717, 1.165) is 22.3 Å². The molecule has 3 aromatic rings. The van der Waals surface area contributed by atoms with Gasteiger partial charge in [0.25, 0.3) is 0 Å². The highest BCUT2D eigenvalue weighted by molar-refractivity contribution is 7.16. The van der Waals surface area contributed by atoms with E-state index in [0.29, 0.717) is 16.5 Å². The van der Waals surface area contributed by atoms with Crippen LogP contribution in [-0.2, 0) is 0 Å². The molecule has 90 valence electrons. The SMILES string of the molecule is Cc1nc(-c2cc3ccccc3o2)sc1C(=O)O. The van der Waals surface area contributed by atoms with Crippen LogP contribution in [0.5, 0.6) is 0 Å². The second kappa shape index (κ2) is 3.96. The summed E-state index contributed by atoms with van der Waals surface area (Å²) in [7, 11) is 0. The third-order valence-corrected chi connectivity index (χ3v) is 3.79. The number of carbonyl (C=O) groups is 1. The van der Waals surface area contributed by atoms with Crippen LogP contribution in [-0.4, -0.2) is 16.1 Å². The van der Waals surface area contributed by atoms with Gasteiger partial charge in [0.15, 0.2) is 10.8 Å². The van der Waals surface area contributed by atoms with Crippen molar-refractivity contribution in [2.75, 3.05) is 0 Å². The molecule has 2 aromatic heterocycles. The minimum absolute atomic E-state index is 0.255. The zero-order valence-corrected chi connectivity index (χ0v) is 10.3. The third-order valence-electron chi connectivity index (χ3n) is 2.63. The van der Waals surface area contributed by atoms with Crippen LogP contribution in [0.3, 0.4) is 0 Å². The molecule has 0 aliphatic carbocycles. The molecule has 0 bridgehead atoms. The summed E-state index contributed by atoms with van der Waals surface area (Å²) in [6.07, 6.45) is 0. The van der Waals surface area contributed by atoms with Gasteiger partial charge < -0.3 is 9.52 Å². The van der Waals surface area contributed by atoms with Crippen molar-refractivity contribution in [2.45, 2.75) is 6.92 Å². The lowest BCUT2D eigenvalue weighted by atomic mass is 10.2. The van der Waals surface area contributed by atoms with Crippen LogP contribution in [0.15, 0.2) is 34.7 Å². The van der Waals surface area contributed by atoms with E-state index in [4.69, 9.17) is 9.52 Å². The Bertz CT molecular complexity index is 709. The maximum atomic E-state index is 11.0. The van der Waals surface area contributed by atoms with Gasteiger partial charge in [-0.05, 0) is 19.1 Å². The van der Waals surface area contributed by atoms with Crippen molar-refractivity contribution in [1.29, 1.82) is 0 Å². The number of furan rings is 1. The Kier molecular flexibility index (Phi) is 2.41. The number of thiazole rings is 1. The van der Waals surface area contributed by atoms with Crippen molar-refractivity contribution < 1.29 is 14.3 Å². The van der Waals surface area contributed by atoms with Gasteiger partial charge in [-0.2, -0.15) is 0 Å². The fraction of sp³-hybridized carbons (Fsp3) is 0.0769. The second-order valence-electron chi connectivity index (χ2n) is 3.89. The van der Waals surface area contributed by atoms with Crippen LogP contribution in [0, 0.1) is 6.92 Å². The summed E-state index contributed by atoms with van der Waals surface area (Å²) < 4.78 is 5.66. The highest BCUT2D eigenvalue weighted by Crippen LogP contribution is 2.32. The molecule has 4 nitrogen and oxygen atoms in total. The molecule has 5 heteroatoms. The van der Waals surface area contributed by atoms with Gasteiger partial charge in [0.2, 0.25) is 0 Å². The average molecular weight is 259 g/mol. The molecule has 0 aliphatic rings. The first-order valence-corrected chi connectivity index (χ1v) is 6.16. The number of benzene rings is 1. The van der Waals surface area contributed by atoms with Gasteiger partial charge in [-0.25, -0.2) is 9.78 Å². The number of carboxylic acids is 1. The molecule has 1 N–H and O–H groups in total. The van der Waals surface area contributed by atoms with Crippen molar-refractivity contribution in [3.05, 3.63) is 40.9 Å². The molecule has 0 saturated heterocycles. The van der Waals surface area contributed by atoms with Crippen LogP contribution in [0.1, 0.15) is 15.4 Å². The Labute approximate surface area is 107 Å². The lowest BCUT2D eigenvalue weighted by Crippen LogP contribution is -1.94. The lowest BCUT2D eigenvalue weighted by Gasteiger charge is -1.86. The minimum atomic E-state index is -0.952. The Morgan fingerprint density at radius 3 is 2.83 bits per heavy atom. The zero-order chi connectivity index (χ0) is 12.7. The molecule has 18 heavy (non-hydrogen) atoms. The minimum Gasteiger partial charge on any atom is -0.477 e. The van der Waals surface area contributed by atoms with Crippen LogP contribution < -0.4 is 0 Å². The molecular formula is C13H9NO3S. The van der Waals surface area contributed by atoms with Gasteiger partial charge in [-0.1, -0.05) is 18.2 Å². The molecule has 0 amide bonds. The molecular weight excluding hydrogens is 250 g/mol. The highest BCUT2D eigenvalue weighted by atomic mass is 32.1. The smallest absolute Gasteiger partial charge is 0.347 e. The largest absolute Gasteiger partial charge is 0.477 e. The highest BCUT2D eigenvalue weighted by Gasteiger charge is 2.17. The van der Waals surface area contributed by atoms with E-state index < -0.39 is 5.97 Å². The van der Waals surface area contributed by atoms with Gasteiger partial charge in [-0.15, -0.1) is 11.3 Å². The van der Waals surface area contributed by atoms with E-state index in [1.54, 1.807) is 6.92 Å². The molecule has 0 unspecified atom stereocenters. The van der Waals surface area contributed by atoms with Crippen molar-refractivity contribution in [2.24, 2.45) is 0 Å². The molecule has 0 saturated carbocycles. The van der Waals surface area contributed by atoms with Gasteiger partial charge in [-0.3, -0.25) is 0 Å². The summed E-state index contributed by atoms with van der Waals surface area (Å²) in [5.74, 6) is -0.343. The van der Waals surface area contributed by atoms with E-state index in [9.17, 15) is 4.79 Å². The molecule has 2 heterocycles. The standard InChI is InChI=1S/C13H9NO3S/c1-7-11(13(15)16)18-12(14-7)10-6-8-4-2-3-5-9(8)17-10/h2-6H,1H3,(H,15,16). The van der Waals surface area contributed by atoms with Crippen molar-refractivity contribution in [3.63, 3.8) is 0 Å². The van der Waals surface area contributed by atoms with E-state index in [1.807, 2.05) is 30.3 Å². The molecule has 0 aliphatic heterocycles. The molecule has 0 spiro atoms. The normalized spacial score (nSPS) is 10.9. The molecule has 0 fully saturated rings. The molecule has 0 atom stereocenters. The molecule has 1 aromatic carbocycles. The number of para-hydroxylation sites is 1. The van der Waals surface area contributed by atoms with Crippen LogP contribution in [0.2, 0.25) is 0 Å². The number of aryl methyl sites for hydroxylation is 1. The lowest BCUT2D eigenvalue weighted by molar-refractivity contribution is 0.0701. The van der Waals surface area contributed by atoms with Gasteiger partial charge in [0.1, 0.15) is 10.5 Å². The number of hydrogen-bond donors (Lipinski definition) is 1. The number of carboxylic acid groups (broad SMARTS) is 1. The number of rotatable bonds is 2. The fourth-order valence-corrected chi connectivity index (χ4v) is 2.65. The predicted octanol–water partition coefficient (Wildman–Crippen LogP) is 3.56. The topological polar surface area (TPSA) is 63.3 Å². The molecule has 0 radical (unpaired) electrons. The number of nitrogens with zero attached hydrogens (tertiary/aromatic N) is 1. The van der Waals surface area contributed by atoms with Crippen LogP contribution in [0.4, 0.5) is 0 Å². The second-order valence-corrected chi connectivity index (χ2v) is 4.89. The zero-order valence-electron chi connectivity index (χ0n) is 9.51. The summed E-state index contributed by atoms with van der Waals surface area (Å²) in [5.41, 5.74) is 1.29. The molecule has 3 rings (SSSR count). The van der Waals surface area contributed by atoms with Crippen LogP contribution in [0.25, 0.3) is 21.7 Å². The number of fused-ring (bicyclic) bond motifs is 1. The summed E-state index contributed by atoms with van der Waals surface area (Å²) >= 11 is 1.13. The van der Waals surface area contributed by atoms with E-state index in [-0.39, 0.29) is 4.88 Å². The van der Waals surface area contributed by atoms with Crippen LogP contribution >= 0.6 is 11.3 Å². The monoisotopic (exact) mass is 259 g/mol. The Balaban J connectivity index is 2.14. The van der Waals surface area contributed by atoms with Gasteiger partial charge >= 0.3 is 5.97 Å².